The Hall–Kier alpha value is -1.02. The monoisotopic (exact) mass is 236 g/mol. The molecule has 0 bridgehead atoms. The summed E-state index contributed by atoms with van der Waals surface area (Å²) in [6.45, 7) is 10.3. The van der Waals surface area contributed by atoms with Crippen molar-refractivity contribution in [3.8, 4) is 5.75 Å². The molecule has 1 N–H and O–H groups in total. The summed E-state index contributed by atoms with van der Waals surface area (Å²) in [6, 6.07) is 8.17. The summed E-state index contributed by atoms with van der Waals surface area (Å²) in [6.07, 6.45) is 0.471. The van der Waals surface area contributed by atoms with Gasteiger partial charge in [-0.15, -0.1) is 0 Å². The Morgan fingerprint density at radius 2 is 1.71 bits per heavy atom. The molecule has 1 aromatic rings. The Morgan fingerprint density at radius 3 is 2.12 bits per heavy atom. The third-order valence-corrected chi connectivity index (χ3v) is 3.52. The minimum Gasteiger partial charge on any atom is -0.488 e. The second-order valence-corrected chi connectivity index (χ2v) is 5.33. The molecule has 0 saturated heterocycles. The van der Waals surface area contributed by atoms with Crippen LogP contribution in [0.2, 0.25) is 0 Å². The lowest BCUT2D eigenvalue weighted by molar-refractivity contribution is 0.0604. The van der Waals surface area contributed by atoms with Gasteiger partial charge in [0.1, 0.15) is 11.9 Å². The van der Waals surface area contributed by atoms with Crippen LogP contribution in [0.3, 0.4) is 0 Å². The molecule has 0 aromatic heterocycles. The van der Waals surface area contributed by atoms with Gasteiger partial charge in [-0.05, 0) is 43.4 Å². The average molecular weight is 236 g/mol. The summed E-state index contributed by atoms with van der Waals surface area (Å²) < 4.78 is 5.63. The molecule has 0 saturated carbocycles. The molecule has 17 heavy (non-hydrogen) atoms. The summed E-state index contributed by atoms with van der Waals surface area (Å²) in [5, 5.41) is 9.38. The SMILES string of the molecule is CCC(C)(C)c1ccc(OC(C)[C@H](C)O)cc1. The van der Waals surface area contributed by atoms with E-state index in [0.717, 1.165) is 12.2 Å². The number of hydrogen-bond acceptors (Lipinski definition) is 2. The number of aliphatic hydroxyl groups excluding tert-OH is 1. The summed E-state index contributed by atoms with van der Waals surface area (Å²) in [7, 11) is 0. The molecule has 0 aliphatic heterocycles. The molecule has 0 radical (unpaired) electrons. The van der Waals surface area contributed by atoms with Crippen LogP contribution in [0.25, 0.3) is 0 Å². The number of ether oxygens (including phenoxy) is 1. The van der Waals surface area contributed by atoms with Crippen LogP contribution in [0.5, 0.6) is 5.75 Å². The van der Waals surface area contributed by atoms with Gasteiger partial charge in [0.05, 0.1) is 6.10 Å². The van der Waals surface area contributed by atoms with Crippen LogP contribution < -0.4 is 4.74 Å². The van der Waals surface area contributed by atoms with Gasteiger partial charge in [-0.3, -0.25) is 0 Å². The van der Waals surface area contributed by atoms with Crippen LogP contribution in [0, 0.1) is 0 Å². The van der Waals surface area contributed by atoms with Crippen LogP contribution in [-0.2, 0) is 5.41 Å². The van der Waals surface area contributed by atoms with Crippen LogP contribution >= 0.6 is 0 Å². The van der Waals surface area contributed by atoms with E-state index in [2.05, 4.69) is 32.9 Å². The first kappa shape index (κ1) is 14.0. The first-order chi connectivity index (χ1) is 7.86. The smallest absolute Gasteiger partial charge is 0.121 e. The molecule has 0 fully saturated rings. The number of aliphatic hydroxyl groups is 1. The first-order valence-corrected chi connectivity index (χ1v) is 6.32. The third-order valence-electron chi connectivity index (χ3n) is 3.52. The van der Waals surface area contributed by atoms with Crippen LogP contribution in [-0.4, -0.2) is 17.3 Å². The fraction of sp³-hybridized carbons (Fsp3) is 0.600. The fourth-order valence-corrected chi connectivity index (χ4v) is 1.50. The van der Waals surface area contributed by atoms with E-state index < -0.39 is 6.10 Å². The van der Waals surface area contributed by atoms with Gasteiger partial charge in [0.25, 0.3) is 0 Å². The van der Waals surface area contributed by atoms with Crippen molar-refractivity contribution in [2.24, 2.45) is 0 Å². The minimum atomic E-state index is -0.457. The summed E-state index contributed by atoms with van der Waals surface area (Å²) in [4.78, 5) is 0. The average Bonchev–Trinajstić information content (AvgIpc) is 2.29. The Labute approximate surface area is 105 Å². The fourth-order valence-electron chi connectivity index (χ4n) is 1.50. The molecule has 0 amide bonds. The van der Waals surface area contributed by atoms with Gasteiger partial charge in [0.15, 0.2) is 0 Å². The Morgan fingerprint density at radius 1 is 1.18 bits per heavy atom. The molecule has 0 aliphatic carbocycles. The standard InChI is InChI=1S/C15H24O2/c1-6-15(4,5)13-7-9-14(10-8-13)17-12(3)11(2)16/h7-12,16H,6H2,1-5H3/t11-,12?/m0/s1. The third kappa shape index (κ3) is 3.74. The lowest BCUT2D eigenvalue weighted by atomic mass is 9.82. The Bertz CT molecular complexity index is 338. The second kappa shape index (κ2) is 5.54. The summed E-state index contributed by atoms with van der Waals surface area (Å²) in [5.74, 6) is 0.814. The maximum Gasteiger partial charge on any atom is 0.121 e. The van der Waals surface area contributed by atoms with E-state index in [1.54, 1.807) is 6.92 Å². The highest BCUT2D eigenvalue weighted by Crippen LogP contribution is 2.28. The van der Waals surface area contributed by atoms with Crippen molar-refractivity contribution in [3.63, 3.8) is 0 Å². The maximum absolute atomic E-state index is 9.38. The van der Waals surface area contributed by atoms with E-state index in [1.165, 1.54) is 5.56 Å². The molecule has 0 spiro atoms. The molecule has 1 rings (SSSR count). The lowest BCUT2D eigenvalue weighted by Gasteiger charge is -2.24. The van der Waals surface area contributed by atoms with Crippen molar-refractivity contribution < 1.29 is 9.84 Å². The summed E-state index contributed by atoms with van der Waals surface area (Å²) in [5.41, 5.74) is 1.52. The predicted molar refractivity (Wildman–Crippen MR) is 71.5 cm³/mol. The number of hydrogen-bond donors (Lipinski definition) is 1. The van der Waals surface area contributed by atoms with E-state index in [0.29, 0.717) is 0 Å². The maximum atomic E-state index is 9.38. The molecule has 2 atom stereocenters. The van der Waals surface area contributed by atoms with E-state index in [-0.39, 0.29) is 11.5 Å². The van der Waals surface area contributed by atoms with Crippen molar-refractivity contribution >= 4 is 0 Å². The molecule has 1 aromatic carbocycles. The van der Waals surface area contributed by atoms with Gasteiger partial charge in [-0.25, -0.2) is 0 Å². The second-order valence-electron chi connectivity index (χ2n) is 5.33. The van der Waals surface area contributed by atoms with Crippen LogP contribution in [0.15, 0.2) is 24.3 Å². The lowest BCUT2D eigenvalue weighted by Crippen LogP contribution is -2.25. The predicted octanol–water partition coefficient (Wildman–Crippen LogP) is 3.52. The molecular weight excluding hydrogens is 212 g/mol. The number of benzene rings is 1. The molecule has 0 heterocycles. The molecule has 96 valence electrons. The quantitative estimate of drug-likeness (QED) is 0.847. The van der Waals surface area contributed by atoms with Gasteiger partial charge in [-0.1, -0.05) is 32.9 Å². The van der Waals surface area contributed by atoms with Gasteiger partial charge < -0.3 is 9.84 Å². The normalized spacial score (nSPS) is 15.4. The minimum absolute atomic E-state index is 0.181. The molecule has 0 aliphatic rings. The Balaban J connectivity index is 2.75. The van der Waals surface area contributed by atoms with E-state index in [1.807, 2.05) is 19.1 Å². The van der Waals surface area contributed by atoms with Gasteiger partial charge >= 0.3 is 0 Å². The Kier molecular flexibility index (Phi) is 4.58. The topological polar surface area (TPSA) is 29.5 Å². The molecular formula is C15H24O2. The van der Waals surface area contributed by atoms with Crippen LogP contribution in [0.4, 0.5) is 0 Å². The van der Waals surface area contributed by atoms with Crippen molar-refractivity contribution in [1.82, 2.24) is 0 Å². The van der Waals surface area contributed by atoms with Gasteiger partial charge in [0, 0.05) is 0 Å². The van der Waals surface area contributed by atoms with E-state index >= 15 is 0 Å². The zero-order valence-corrected chi connectivity index (χ0v) is 11.5. The number of rotatable bonds is 5. The summed E-state index contributed by atoms with van der Waals surface area (Å²) >= 11 is 0. The first-order valence-electron chi connectivity index (χ1n) is 6.32. The molecule has 2 heteroatoms. The highest BCUT2D eigenvalue weighted by molar-refractivity contribution is 5.31. The van der Waals surface area contributed by atoms with Crippen molar-refractivity contribution in [2.45, 2.75) is 58.7 Å². The van der Waals surface area contributed by atoms with Gasteiger partial charge in [-0.2, -0.15) is 0 Å². The highest BCUT2D eigenvalue weighted by Gasteiger charge is 2.18. The van der Waals surface area contributed by atoms with Crippen molar-refractivity contribution in [2.75, 3.05) is 0 Å². The van der Waals surface area contributed by atoms with E-state index in [9.17, 15) is 5.11 Å². The largest absolute Gasteiger partial charge is 0.488 e. The van der Waals surface area contributed by atoms with Crippen molar-refractivity contribution in [3.05, 3.63) is 29.8 Å². The van der Waals surface area contributed by atoms with Crippen LogP contribution in [0.1, 0.15) is 46.6 Å². The van der Waals surface area contributed by atoms with Crippen molar-refractivity contribution in [1.29, 1.82) is 0 Å². The van der Waals surface area contributed by atoms with Gasteiger partial charge in [0.2, 0.25) is 0 Å². The highest BCUT2D eigenvalue weighted by atomic mass is 16.5. The molecule has 2 nitrogen and oxygen atoms in total. The zero-order valence-electron chi connectivity index (χ0n) is 11.5. The molecule has 1 unspecified atom stereocenters. The zero-order chi connectivity index (χ0) is 13.1. The van der Waals surface area contributed by atoms with E-state index in [4.69, 9.17) is 4.74 Å².